The zero-order valence-corrected chi connectivity index (χ0v) is 15.8. The van der Waals surface area contributed by atoms with E-state index in [0.29, 0.717) is 6.54 Å². The number of hydrogen-bond donors (Lipinski definition) is 0. The lowest BCUT2D eigenvalue weighted by Crippen LogP contribution is -2.16. The molecule has 2 aromatic carbocycles. The second-order valence-corrected chi connectivity index (χ2v) is 6.55. The number of nitrogens with zero attached hydrogens (tertiary/aromatic N) is 3. The summed E-state index contributed by atoms with van der Waals surface area (Å²) in [6, 6.07) is 22.3. The number of aromatic nitrogens is 2. The third kappa shape index (κ3) is 3.79. The van der Waals surface area contributed by atoms with Crippen LogP contribution in [0, 0.1) is 0 Å². The van der Waals surface area contributed by atoms with Crippen LogP contribution in [0.3, 0.4) is 0 Å². The molecule has 2 heterocycles. The molecule has 6 heteroatoms. The molecule has 0 radical (unpaired) electrons. The molecule has 0 saturated heterocycles. The van der Waals surface area contributed by atoms with Crippen LogP contribution in [-0.4, -0.2) is 17.1 Å². The maximum Gasteiger partial charge on any atom is 0.192 e. The third-order valence-corrected chi connectivity index (χ3v) is 4.93. The Morgan fingerprint density at radius 3 is 2.62 bits per heavy atom. The average Bonchev–Trinajstić information content (AvgIpc) is 3.11. The van der Waals surface area contributed by atoms with Gasteiger partial charge < -0.3 is 9.64 Å². The number of methoxy groups -OCH3 is 1. The number of ether oxygens (including phenoxy) is 1. The lowest BCUT2D eigenvalue weighted by Gasteiger charge is -2.22. The largest absolute Gasteiger partial charge is 0.497 e. The Morgan fingerprint density at radius 1 is 1.00 bits per heavy atom. The quantitative estimate of drug-likeness (QED) is 0.458. The highest BCUT2D eigenvalue weighted by Crippen LogP contribution is 2.33. The number of fused-ring (bicyclic) bond motifs is 1. The summed E-state index contributed by atoms with van der Waals surface area (Å²) in [6.45, 7) is 0.709. The third-order valence-electron chi connectivity index (χ3n) is 3.93. The number of hydrogen-bond acceptors (Lipinski definition) is 5. The van der Waals surface area contributed by atoms with E-state index in [1.807, 2.05) is 42.5 Å². The molecule has 0 aliphatic carbocycles. The number of pyridine rings is 1. The number of halogens is 1. The molecule has 2 aromatic heterocycles. The lowest BCUT2D eigenvalue weighted by molar-refractivity contribution is 0.414. The van der Waals surface area contributed by atoms with Crippen molar-refractivity contribution in [2.24, 2.45) is 0 Å². The minimum Gasteiger partial charge on any atom is -0.497 e. The van der Waals surface area contributed by atoms with Crippen LogP contribution >= 0.6 is 23.7 Å². The van der Waals surface area contributed by atoms with E-state index >= 15 is 0 Å². The van der Waals surface area contributed by atoms with Crippen molar-refractivity contribution in [2.75, 3.05) is 12.0 Å². The monoisotopic (exact) mass is 383 g/mol. The van der Waals surface area contributed by atoms with E-state index in [2.05, 4.69) is 34.1 Å². The summed E-state index contributed by atoms with van der Waals surface area (Å²) in [7, 11) is 1.69. The highest BCUT2D eigenvalue weighted by Gasteiger charge is 2.15. The Bertz CT molecular complexity index is 957. The minimum absolute atomic E-state index is 0. The van der Waals surface area contributed by atoms with Gasteiger partial charge in [0.05, 0.1) is 13.7 Å². The van der Waals surface area contributed by atoms with Gasteiger partial charge in [0.25, 0.3) is 0 Å². The molecule has 0 amide bonds. The molecule has 0 aliphatic rings. The number of rotatable bonds is 5. The molecule has 0 atom stereocenters. The van der Waals surface area contributed by atoms with Gasteiger partial charge in [0.2, 0.25) is 0 Å². The Morgan fingerprint density at radius 2 is 1.85 bits per heavy atom. The standard InChI is InChI=1S/C20H17N3OS.ClH/c1-24-17-10-5-7-15(13-17)14-23(16-8-3-2-4-9-16)20-22-18-11-6-12-21-19(18)25-20;/h2-13H,14H2,1H3;1H. The van der Waals surface area contributed by atoms with Crippen LogP contribution in [0.4, 0.5) is 10.8 Å². The molecule has 0 unspecified atom stereocenters. The van der Waals surface area contributed by atoms with Crippen LogP contribution in [0.5, 0.6) is 5.75 Å². The Labute approximate surface area is 162 Å². The fourth-order valence-corrected chi connectivity index (χ4v) is 3.63. The summed E-state index contributed by atoms with van der Waals surface area (Å²) in [4.78, 5) is 12.4. The maximum atomic E-state index is 5.35. The molecule has 132 valence electrons. The Kier molecular flexibility index (Phi) is 5.71. The average molecular weight is 384 g/mol. The van der Waals surface area contributed by atoms with Gasteiger partial charge in [0.1, 0.15) is 16.1 Å². The fourth-order valence-electron chi connectivity index (χ4n) is 2.70. The van der Waals surface area contributed by atoms with Gasteiger partial charge in [-0.1, -0.05) is 41.7 Å². The zero-order chi connectivity index (χ0) is 17.1. The molecule has 0 fully saturated rings. The first-order valence-corrected chi connectivity index (χ1v) is 8.82. The Hall–Kier alpha value is -2.63. The van der Waals surface area contributed by atoms with Crippen molar-refractivity contribution in [3.63, 3.8) is 0 Å². The molecular weight excluding hydrogens is 366 g/mol. The van der Waals surface area contributed by atoms with Gasteiger partial charge in [0.15, 0.2) is 5.13 Å². The molecule has 4 aromatic rings. The van der Waals surface area contributed by atoms with Crippen LogP contribution in [-0.2, 0) is 6.54 Å². The second kappa shape index (κ2) is 8.17. The van der Waals surface area contributed by atoms with Crippen LogP contribution in [0.15, 0.2) is 72.9 Å². The first-order valence-electron chi connectivity index (χ1n) is 8.00. The Balaban J connectivity index is 0.00000196. The van der Waals surface area contributed by atoms with E-state index in [4.69, 9.17) is 9.72 Å². The first kappa shape index (κ1) is 18.2. The first-order chi connectivity index (χ1) is 12.3. The van der Waals surface area contributed by atoms with Crippen LogP contribution in [0.1, 0.15) is 5.56 Å². The van der Waals surface area contributed by atoms with Gasteiger partial charge in [-0.3, -0.25) is 0 Å². The summed E-state index contributed by atoms with van der Waals surface area (Å²) in [5.41, 5.74) is 3.19. The van der Waals surface area contributed by atoms with Gasteiger partial charge in [-0.2, -0.15) is 0 Å². The van der Waals surface area contributed by atoms with Crippen LogP contribution in [0.25, 0.3) is 10.3 Å². The highest BCUT2D eigenvalue weighted by atomic mass is 35.5. The second-order valence-electron chi connectivity index (χ2n) is 5.60. The number of para-hydroxylation sites is 1. The normalized spacial score (nSPS) is 10.3. The van der Waals surface area contributed by atoms with E-state index in [0.717, 1.165) is 32.5 Å². The fraction of sp³-hybridized carbons (Fsp3) is 0.100. The molecule has 4 rings (SSSR count). The van der Waals surface area contributed by atoms with E-state index in [9.17, 15) is 0 Å². The summed E-state index contributed by atoms with van der Waals surface area (Å²) >= 11 is 1.60. The molecule has 0 bridgehead atoms. The van der Waals surface area contributed by atoms with Gasteiger partial charge in [0, 0.05) is 11.9 Å². The van der Waals surface area contributed by atoms with Crippen molar-refractivity contribution < 1.29 is 4.74 Å². The van der Waals surface area contributed by atoms with Crippen molar-refractivity contribution in [3.05, 3.63) is 78.5 Å². The summed E-state index contributed by atoms with van der Waals surface area (Å²) < 4.78 is 5.35. The molecule has 0 N–H and O–H groups in total. The van der Waals surface area contributed by atoms with E-state index in [1.54, 1.807) is 24.6 Å². The maximum absolute atomic E-state index is 5.35. The van der Waals surface area contributed by atoms with Gasteiger partial charge in [-0.05, 0) is 42.0 Å². The summed E-state index contributed by atoms with van der Waals surface area (Å²) in [6.07, 6.45) is 1.80. The number of anilines is 2. The molecule has 26 heavy (non-hydrogen) atoms. The highest BCUT2D eigenvalue weighted by molar-refractivity contribution is 7.21. The van der Waals surface area contributed by atoms with E-state index < -0.39 is 0 Å². The zero-order valence-electron chi connectivity index (χ0n) is 14.2. The van der Waals surface area contributed by atoms with Crippen LogP contribution < -0.4 is 9.64 Å². The molecule has 0 saturated carbocycles. The van der Waals surface area contributed by atoms with Crippen molar-refractivity contribution in [3.8, 4) is 5.75 Å². The summed E-state index contributed by atoms with van der Waals surface area (Å²) in [5, 5.41) is 0.933. The minimum atomic E-state index is 0. The van der Waals surface area contributed by atoms with Crippen molar-refractivity contribution >= 4 is 44.9 Å². The molecule has 4 nitrogen and oxygen atoms in total. The number of thiazole rings is 1. The smallest absolute Gasteiger partial charge is 0.192 e. The van der Waals surface area contributed by atoms with Gasteiger partial charge in [-0.25, -0.2) is 9.97 Å². The predicted octanol–water partition coefficient (Wildman–Crippen LogP) is 5.46. The predicted molar refractivity (Wildman–Crippen MR) is 110 cm³/mol. The van der Waals surface area contributed by atoms with E-state index in [1.165, 1.54) is 0 Å². The van der Waals surface area contributed by atoms with Crippen molar-refractivity contribution in [2.45, 2.75) is 6.54 Å². The SMILES string of the molecule is COc1cccc(CN(c2ccccc2)c2nc3cccnc3s2)c1.Cl. The molecule has 0 spiro atoms. The van der Waals surface area contributed by atoms with E-state index in [-0.39, 0.29) is 12.4 Å². The summed E-state index contributed by atoms with van der Waals surface area (Å²) in [5.74, 6) is 0.858. The molecule has 0 aliphatic heterocycles. The van der Waals surface area contributed by atoms with Crippen LogP contribution in [0.2, 0.25) is 0 Å². The lowest BCUT2D eigenvalue weighted by atomic mass is 10.2. The van der Waals surface area contributed by atoms with Gasteiger partial charge >= 0.3 is 0 Å². The topological polar surface area (TPSA) is 38.2 Å². The molecular formula is C20H18ClN3OS. The van der Waals surface area contributed by atoms with Crippen molar-refractivity contribution in [1.29, 1.82) is 0 Å². The number of benzene rings is 2. The van der Waals surface area contributed by atoms with Crippen molar-refractivity contribution in [1.82, 2.24) is 9.97 Å². The van der Waals surface area contributed by atoms with Gasteiger partial charge in [-0.15, -0.1) is 12.4 Å².